The van der Waals surface area contributed by atoms with Crippen LogP contribution in [0.15, 0.2) is 17.4 Å². The fourth-order valence-corrected chi connectivity index (χ4v) is 1.22. The lowest BCUT2D eigenvalue weighted by Gasteiger charge is -2.11. The van der Waals surface area contributed by atoms with Crippen LogP contribution < -0.4 is 0 Å². The molecule has 0 heterocycles. The van der Waals surface area contributed by atoms with Crippen LogP contribution in [0.2, 0.25) is 0 Å². The fraction of sp³-hybridized carbons (Fsp3) is 0.583. The Balaban J connectivity index is 4.62. The van der Waals surface area contributed by atoms with Gasteiger partial charge in [0.25, 0.3) is 0 Å². The molecule has 0 bridgehead atoms. The Morgan fingerprint density at radius 2 is 1.77 bits per heavy atom. The lowest BCUT2D eigenvalue weighted by Crippen LogP contribution is -2.00. The maximum absolute atomic E-state index is 8.42. The van der Waals surface area contributed by atoms with Gasteiger partial charge in [-0.3, -0.25) is 0 Å². The van der Waals surface area contributed by atoms with Crippen molar-refractivity contribution in [3.63, 3.8) is 0 Å². The summed E-state index contributed by atoms with van der Waals surface area (Å²) < 4.78 is 0. The molecule has 0 atom stereocenters. The highest BCUT2D eigenvalue weighted by Gasteiger charge is 2.05. The van der Waals surface area contributed by atoms with Crippen LogP contribution in [-0.4, -0.2) is 11.7 Å². The minimum Gasteiger partial charge on any atom is -0.384 e. The van der Waals surface area contributed by atoms with E-state index in [9.17, 15) is 0 Å². The Hall–Kier alpha value is -0.960. The molecular weight excluding hydrogens is 160 g/mol. The second kappa shape index (κ2) is 6.54. The van der Waals surface area contributed by atoms with E-state index in [4.69, 9.17) is 5.11 Å². The molecule has 0 aromatic rings. The summed E-state index contributed by atoms with van der Waals surface area (Å²) in [5.41, 5.74) is 4.43. The van der Waals surface area contributed by atoms with Gasteiger partial charge >= 0.3 is 0 Å². The summed E-state index contributed by atoms with van der Waals surface area (Å²) in [6.45, 7) is 8.51. The van der Waals surface area contributed by atoms with Crippen LogP contribution in [-0.2, 0) is 0 Å². The molecule has 1 nitrogen and oxygen atoms in total. The van der Waals surface area contributed by atoms with Crippen LogP contribution in [0.1, 0.15) is 27.7 Å². The van der Waals surface area contributed by atoms with Gasteiger partial charge in [0.1, 0.15) is 6.61 Å². The highest BCUT2D eigenvalue weighted by molar-refractivity contribution is 5.19. The maximum Gasteiger partial charge on any atom is 0.104 e. The van der Waals surface area contributed by atoms with E-state index in [1.165, 1.54) is 5.57 Å². The second-order valence-corrected chi connectivity index (χ2v) is 3.53. The van der Waals surface area contributed by atoms with Crippen molar-refractivity contribution in [2.45, 2.75) is 27.7 Å². The topological polar surface area (TPSA) is 20.2 Å². The molecule has 0 aliphatic carbocycles. The monoisotopic (exact) mass is 178 g/mol. The average molecular weight is 178 g/mol. The Morgan fingerprint density at radius 1 is 1.23 bits per heavy atom. The average Bonchev–Trinajstić information content (AvgIpc) is 2.02. The number of rotatable bonds is 2. The first kappa shape index (κ1) is 12.0. The summed E-state index contributed by atoms with van der Waals surface area (Å²) in [4.78, 5) is 0. The molecule has 0 saturated heterocycles. The third-order valence-corrected chi connectivity index (χ3v) is 1.74. The Labute approximate surface area is 81.2 Å². The second-order valence-electron chi connectivity index (χ2n) is 3.53. The van der Waals surface area contributed by atoms with Crippen molar-refractivity contribution in [3.8, 4) is 11.8 Å². The molecule has 0 aliphatic heterocycles. The summed E-state index contributed by atoms with van der Waals surface area (Å²) in [5.74, 6) is 6.29. The normalized spacial score (nSPS) is 9.15. The van der Waals surface area contributed by atoms with Crippen LogP contribution in [0.4, 0.5) is 0 Å². The van der Waals surface area contributed by atoms with Gasteiger partial charge in [-0.15, -0.1) is 5.73 Å². The maximum atomic E-state index is 8.42. The summed E-state index contributed by atoms with van der Waals surface area (Å²) >= 11 is 0. The summed E-state index contributed by atoms with van der Waals surface area (Å²) in [5, 5.41) is 8.42. The zero-order valence-corrected chi connectivity index (χ0v) is 8.89. The lowest BCUT2D eigenvalue weighted by atomic mass is 9.93. The number of aliphatic hydroxyl groups is 1. The van der Waals surface area contributed by atoms with Crippen LogP contribution in [0.5, 0.6) is 0 Å². The van der Waals surface area contributed by atoms with E-state index in [0.29, 0.717) is 11.8 Å². The Kier molecular flexibility index (Phi) is 6.06. The first-order chi connectivity index (χ1) is 6.09. The minimum atomic E-state index is -0.0864. The molecule has 1 heteroatoms. The predicted molar refractivity (Wildman–Crippen MR) is 56.1 cm³/mol. The third kappa shape index (κ3) is 5.31. The highest BCUT2D eigenvalue weighted by atomic mass is 16.2. The van der Waals surface area contributed by atoms with Crippen molar-refractivity contribution >= 4 is 0 Å². The van der Waals surface area contributed by atoms with Crippen molar-refractivity contribution in [1.29, 1.82) is 0 Å². The molecule has 0 saturated carbocycles. The third-order valence-electron chi connectivity index (χ3n) is 1.74. The van der Waals surface area contributed by atoms with E-state index in [0.717, 1.165) is 0 Å². The molecule has 0 unspecified atom stereocenters. The van der Waals surface area contributed by atoms with E-state index < -0.39 is 0 Å². The van der Waals surface area contributed by atoms with Gasteiger partial charge in [0.05, 0.1) is 0 Å². The molecule has 13 heavy (non-hydrogen) atoms. The van der Waals surface area contributed by atoms with Gasteiger partial charge in [0, 0.05) is 6.08 Å². The molecule has 0 fully saturated rings. The molecule has 0 spiro atoms. The van der Waals surface area contributed by atoms with Crippen molar-refractivity contribution < 1.29 is 5.11 Å². The molecule has 0 aliphatic rings. The standard InChI is InChI=1S/C12H18O/c1-10(2)12(11(3)4)8-6-5-7-9-13/h6,10-11,13H,9H2,1-4H3. The van der Waals surface area contributed by atoms with E-state index in [2.05, 4.69) is 45.3 Å². The van der Waals surface area contributed by atoms with Gasteiger partial charge in [-0.25, -0.2) is 0 Å². The lowest BCUT2D eigenvalue weighted by molar-refractivity contribution is 0.350. The summed E-state index contributed by atoms with van der Waals surface area (Å²) in [6.07, 6.45) is 1.69. The van der Waals surface area contributed by atoms with Crippen LogP contribution >= 0.6 is 0 Å². The predicted octanol–water partition coefficient (Wildman–Crippen LogP) is 2.38. The number of allylic oxidation sites excluding steroid dienone is 1. The molecule has 0 aromatic heterocycles. The van der Waals surface area contributed by atoms with Gasteiger partial charge in [0.15, 0.2) is 0 Å². The number of aliphatic hydroxyl groups excluding tert-OH is 1. The van der Waals surface area contributed by atoms with Gasteiger partial charge < -0.3 is 5.11 Å². The molecular formula is C12H18O. The van der Waals surface area contributed by atoms with Gasteiger partial charge in [0.2, 0.25) is 0 Å². The number of hydrogen-bond donors (Lipinski definition) is 1. The molecule has 0 aromatic carbocycles. The van der Waals surface area contributed by atoms with Crippen molar-refractivity contribution in [3.05, 3.63) is 17.4 Å². The van der Waals surface area contributed by atoms with Crippen molar-refractivity contribution in [1.82, 2.24) is 0 Å². The van der Waals surface area contributed by atoms with E-state index in [1.54, 1.807) is 6.08 Å². The van der Waals surface area contributed by atoms with E-state index >= 15 is 0 Å². The SMILES string of the molecule is CC(C)C(=C=CC#CCO)C(C)C. The van der Waals surface area contributed by atoms with Crippen LogP contribution in [0.3, 0.4) is 0 Å². The van der Waals surface area contributed by atoms with Gasteiger partial charge in [-0.1, -0.05) is 39.5 Å². The van der Waals surface area contributed by atoms with Crippen LogP contribution in [0, 0.1) is 23.7 Å². The number of hydrogen-bond acceptors (Lipinski definition) is 1. The molecule has 0 radical (unpaired) electrons. The molecule has 0 amide bonds. The zero-order chi connectivity index (χ0) is 10.3. The van der Waals surface area contributed by atoms with Gasteiger partial charge in [-0.05, 0) is 17.4 Å². The first-order valence-electron chi connectivity index (χ1n) is 4.63. The fourth-order valence-electron chi connectivity index (χ4n) is 1.22. The van der Waals surface area contributed by atoms with Crippen LogP contribution in [0.25, 0.3) is 0 Å². The van der Waals surface area contributed by atoms with Crippen molar-refractivity contribution in [2.24, 2.45) is 11.8 Å². The van der Waals surface area contributed by atoms with Gasteiger partial charge in [-0.2, -0.15) is 0 Å². The first-order valence-corrected chi connectivity index (χ1v) is 4.63. The Morgan fingerprint density at radius 3 is 2.15 bits per heavy atom. The summed E-state index contributed by atoms with van der Waals surface area (Å²) in [6, 6.07) is 0. The van der Waals surface area contributed by atoms with Crippen molar-refractivity contribution in [2.75, 3.05) is 6.61 Å². The molecule has 0 rings (SSSR count). The highest BCUT2D eigenvalue weighted by Crippen LogP contribution is 2.17. The Bertz CT molecular complexity index is 245. The molecule has 1 N–H and O–H groups in total. The van der Waals surface area contributed by atoms with E-state index in [1.807, 2.05) is 0 Å². The zero-order valence-electron chi connectivity index (χ0n) is 8.89. The largest absolute Gasteiger partial charge is 0.384 e. The quantitative estimate of drug-likeness (QED) is 0.508. The summed E-state index contributed by atoms with van der Waals surface area (Å²) in [7, 11) is 0. The molecule has 72 valence electrons. The smallest absolute Gasteiger partial charge is 0.104 e. The van der Waals surface area contributed by atoms with E-state index in [-0.39, 0.29) is 6.61 Å². The minimum absolute atomic E-state index is 0.0864.